The smallest absolute Gasteiger partial charge is 0.326 e. The molecular formula is C26H37N3O5. The number of esters is 1. The van der Waals surface area contributed by atoms with E-state index in [1.54, 1.807) is 6.92 Å². The number of likely N-dealkylation sites (tertiary alicyclic amines) is 1. The van der Waals surface area contributed by atoms with Crippen LogP contribution in [0.15, 0.2) is 42.5 Å². The highest BCUT2D eigenvalue weighted by Gasteiger charge is 2.48. The molecule has 5 atom stereocenters. The van der Waals surface area contributed by atoms with Crippen molar-refractivity contribution in [3.05, 3.63) is 48.0 Å². The highest BCUT2D eigenvalue weighted by Crippen LogP contribution is 2.38. The maximum Gasteiger partial charge on any atom is 0.326 e. The van der Waals surface area contributed by atoms with E-state index in [1.807, 2.05) is 42.5 Å². The van der Waals surface area contributed by atoms with Crippen LogP contribution in [0.1, 0.15) is 51.0 Å². The Hall–Kier alpha value is -2.71. The molecule has 1 saturated heterocycles. The number of aryl methyl sites for hydroxylation is 1. The van der Waals surface area contributed by atoms with Gasteiger partial charge in [-0.15, -0.1) is 0 Å². The molecule has 4 N–H and O–H groups in total. The molecule has 0 aromatic heterocycles. The molecule has 1 aliphatic carbocycles. The molecule has 1 aromatic carbocycles. The molecule has 8 nitrogen and oxygen atoms in total. The minimum absolute atomic E-state index is 0.133. The molecule has 0 bridgehead atoms. The van der Waals surface area contributed by atoms with Crippen molar-refractivity contribution in [2.75, 3.05) is 13.2 Å². The topological polar surface area (TPSA) is 122 Å². The summed E-state index contributed by atoms with van der Waals surface area (Å²) in [4.78, 5) is 40.1. The zero-order valence-corrected chi connectivity index (χ0v) is 19.9. The summed E-state index contributed by atoms with van der Waals surface area (Å²) < 4.78 is 5.30. The van der Waals surface area contributed by atoms with Gasteiger partial charge in [0.25, 0.3) is 0 Å². The number of unbranched alkanes of at least 4 members (excludes halogenated alkanes) is 1. The Morgan fingerprint density at radius 2 is 1.94 bits per heavy atom. The van der Waals surface area contributed by atoms with Crippen LogP contribution in [0.2, 0.25) is 0 Å². The number of allylic oxidation sites excluding steroid dienone is 1. The zero-order chi connectivity index (χ0) is 24.5. The number of carbonyl (C=O) groups excluding carboxylic acids is 2. The maximum atomic E-state index is 13.8. The number of nitrogens with zero attached hydrogens (tertiary/aromatic N) is 1. The van der Waals surface area contributed by atoms with E-state index < -0.39 is 30.1 Å². The SMILES string of the molecule is CCOC(=O)C(CCc1ccccc1)NC(CCCCN)C(=O)N1C(C(=O)O)CC2CC=CC21. The lowest BCUT2D eigenvalue weighted by molar-refractivity contribution is -0.151. The summed E-state index contributed by atoms with van der Waals surface area (Å²) in [7, 11) is 0. The highest BCUT2D eigenvalue weighted by atomic mass is 16.5. The zero-order valence-electron chi connectivity index (χ0n) is 19.9. The number of aliphatic carboxylic acids is 1. The molecule has 0 saturated carbocycles. The van der Waals surface area contributed by atoms with Gasteiger partial charge in [0.05, 0.1) is 18.7 Å². The Labute approximate surface area is 201 Å². The molecule has 186 valence electrons. The van der Waals surface area contributed by atoms with Crippen LogP contribution < -0.4 is 11.1 Å². The van der Waals surface area contributed by atoms with Gasteiger partial charge in [-0.25, -0.2) is 4.79 Å². The summed E-state index contributed by atoms with van der Waals surface area (Å²) in [6.07, 6.45) is 8.23. The average Bonchev–Trinajstić information content (AvgIpc) is 3.42. The van der Waals surface area contributed by atoms with Gasteiger partial charge in [0, 0.05) is 0 Å². The van der Waals surface area contributed by atoms with Gasteiger partial charge in [0.2, 0.25) is 5.91 Å². The first-order valence-electron chi connectivity index (χ1n) is 12.3. The van der Waals surface area contributed by atoms with Crippen molar-refractivity contribution in [3.63, 3.8) is 0 Å². The third-order valence-electron chi connectivity index (χ3n) is 6.76. The molecule has 0 radical (unpaired) electrons. The summed E-state index contributed by atoms with van der Waals surface area (Å²) in [5.41, 5.74) is 6.76. The number of rotatable bonds is 13. The number of fused-ring (bicyclic) bond motifs is 1. The van der Waals surface area contributed by atoms with Crippen LogP contribution in [0, 0.1) is 5.92 Å². The van der Waals surface area contributed by atoms with Crippen LogP contribution in [0.25, 0.3) is 0 Å². The molecule has 1 heterocycles. The molecule has 34 heavy (non-hydrogen) atoms. The molecule has 1 aromatic rings. The van der Waals surface area contributed by atoms with Gasteiger partial charge in [-0.3, -0.25) is 14.9 Å². The minimum Gasteiger partial charge on any atom is -0.480 e. The summed E-state index contributed by atoms with van der Waals surface area (Å²) in [6, 6.07) is 7.42. The van der Waals surface area contributed by atoms with E-state index in [0.29, 0.717) is 38.6 Å². The first-order chi connectivity index (χ1) is 16.5. The number of carboxylic acid groups (broad SMARTS) is 1. The number of carbonyl (C=O) groups is 3. The second-order valence-corrected chi connectivity index (χ2v) is 9.08. The van der Waals surface area contributed by atoms with Gasteiger partial charge >= 0.3 is 11.9 Å². The van der Waals surface area contributed by atoms with Crippen molar-refractivity contribution in [2.24, 2.45) is 11.7 Å². The Morgan fingerprint density at radius 1 is 1.18 bits per heavy atom. The van der Waals surface area contributed by atoms with Crippen LogP contribution in [0.5, 0.6) is 0 Å². The molecule has 5 unspecified atom stereocenters. The van der Waals surface area contributed by atoms with E-state index in [1.165, 1.54) is 4.90 Å². The largest absolute Gasteiger partial charge is 0.480 e. The second-order valence-electron chi connectivity index (χ2n) is 9.08. The monoisotopic (exact) mass is 471 g/mol. The van der Waals surface area contributed by atoms with Gasteiger partial charge in [-0.05, 0) is 63.5 Å². The Bertz CT molecular complexity index is 859. The van der Waals surface area contributed by atoms with E-state index >= 15 is 0 Å². The van der Waals surface area contributed by atoms with Crippen molar-refractivity contribution in [1.29, 1.82) is 0 Å². The number of carboxylic acids is 1. The van der Waals surface area contributed by atoms with Crippen molar-refractivity contribution < 1.29 is 24.2 Å². The van der Waals surface area contributed by atoms with Gasteiger partial charge in [-0.1, -0.05) is 48.9 Å². The van der Waals surface area contributed by atoms with Crippen LogP contribution in [0.3, 0.4) is 0 Å². The van der Waals surface area contributed by atoms with Crippen LogP contribution in [-0.4, -0.2) is 65.2 Å². The van der Waals surface area contributed by atoms with E-state index in [-0.39, 0.29) is 24.5 Å². The molecule has 0 spiro atoms. The summed E-state index contributed by atoms with van der Waals surface area (Å²) in [5.74, 6) is -1.51. The standard InChI is InChI=1S/C26H37N3O5/c1-2-34-26(33)21(15-14-18-9-4-3-5-10-18)28-20(12-6-7-16-27)24(30)29-22-13-8-11-19(22)17-23(29)25(31)32/h3-5,8-10,13,19-23,28H,2,6-7,11-12,14-17,27H2,1H3,(H,31,32). The number of ether oxygens (including phenoxy) is 1. The number of amides is 1. The molecule has 8 heteroatoms. The normalized spacial score (nSPS) is 22.9. The van der Waals surface area contributed by atoms with Gasteiger partial charge in [0.1, 0.15) is 12.1 Å². The van der Waals surface area contributed by atoms with Crippen molar-refractivity contribution in [3.8, 4) is 0 Å². The Kier molecular flexibility index (Phi) is 9.65. The van der Waals surface area contributed by atoms with E-state index in [9.17, 15) is 19.5 Å². The number of benzene rings is 1. The highest BCUT2D eigenvalue weighted by molar-refractivity contribution is 5.89. The fourth-order valence-corrected chi connectivity index (χ4v) is 5.03. The molecule has 1 fully saturated rings. The van der Waals surface area contributed by atoms with E-state index in [0.717, 1.165) is 18.4 Å². The quantitative estimate of drug-likeness (QED) is 0.229. The van der Waals surface area contributed by atoms with Crippen molar-refractivity contribution >= 4 is 17.8 Å². The van der Waals surface area contributed by atoms with Crippen LogP contribution >= 0.6 is 0 Å². The Morgan fingerprint density at radius 3 is 2.62 bits per heavy atom. The first kappa shape index (κ1) is 25.9. The fraction of sp³-hybridized carbons (Fsp3) is 0.577. The lowest BCUT2D eigenvalue weighted by atomic mass is 10.0. The summed E-state index contributed by atoms with van der Waals surface area (Å²) in [5, 5.41) is 13.1. The predicted octanol–water partition coefficient (Wildman–Crippen LogP) is 2.27. The molecule has 1 amide bonds. The minimum atomic E-state index is -0.983. The predicted molar refractivity (Wildman–Crippen MR) is 129 cm³/mol. The van der Waals surface area contributed by atoms with E-state index in [4.69, 9.17) is 10.5 Å². The van der Waals surface area contributed by atoms with Gasteiger partial charge < -0.3 is 20.5 Å². The van der Waals surface area contributed by atoms with Crippen molar-refractivity contribution in [2.45, 2.75) is 76.0 Å². The van der Waals surface area contributed by atoms with Gasteiger partial charge in [0.15, 0.2) is 0 Å². The fourth-order valence-electron chi connectivity index (χ4n) is 5.03. The average molecular weight is 472 g/mol. The molecular weight excluding hydrogens is 434 g/mol. The molecule has 3 rings (SSSR count). The maximum absolute atomic E-state index is 13.8. The lowest BCUT2D eigenvalue weighted by Crippen LogP contribution is -2.56. The van der Waals surface area contributed by atoms with Crippen molar-refractivity contribution in [1.82, 2.24) is 10.2 Å². The first-order valence-corrected chi connectivity index (χ1v) is 12.3. The number of nitrogens with two attached hydrogens (primary N) is 1. The number of nitrogens with one attached hydrogen (secondary N) is 1. The third kappa shape index (κ3) is 6.45. The summed E-state index contributed by atoms with van der Waals surface area (Å²) in [6.45, 7) is 2.51. The number of hydrogen-bond donors (Lipinski definition) is 3. The number of hydrogen-bond acceptors (Lipinski definition) is 6. The molecule has 2 aliphatic rings. The van der Waals surface area contributed by atoms with Gasteiger partial charge in [-0.2, -0.15) is 0 Å². The second kappa shape index (κ2) is 12.7. The lowest BCUT2D eigenvalue weighted by Gasteiger charge is -2.32. The third-order valence-corrected chi connectivity index (χ3v) is 6.76. The summed E-state index contributed by atoms with van der Waals surface area (Å²) >= 11 is 0. The van der Waals surface area contributed by atoms with E-state index in [2.05, 4.69) is 5.32 Å². The van der Waals surface area contributed by atoms with Crippen LogP contribution in [-0.2, 0) is 25.5 Å². The van der Waals surface area contributed by atoms with Crippen LogP contribution in [0.4, 0.5) is 0 Å². The Balaban J connectivity index is 1.79. The molecule has 1 aliphatic heterocycles.